The molecule has 4 N–H and O–H groups in total. The van der Waals surface area contributed by atoms with Gasteiger partial charge in [-0.15, -0.1) is 0 Å². The Balaban J connectivity index is 1.60. The first-order chi connectivity index (χ1) is 25.0. The van der Waals surface area contributed by atoms with Crippen LogP contribution in [0.15, 0.2) is 101 Å². The van der Waals surface area contributed by atoms with Gasteiger partial charge in [-0.3, -0.25) is 13.7 Å². The van der Waals surface area contributed by atoms with Crippen LogP contribution in [0, 0.1) is 0 Å². The Kier molecular flexibility index (Phi) is 11.3. The minimum Gasteiger partial charge on any atom is -0.478 e. The van der Waals surface area contributed by atoms with E-state index in [4.69, 9.17) is 4.99 Å². The molecule has 0 spiro atoms. The van der Waals surface area contributed by atoms with Gasteiger partial charge in [-0.2, -0.15) is 25.3 Å². The Hall–Kier alpha value is -4.52. The third-order valence-corrected chi connectivity index (χ3v) is 12.1. The number of allylic oxidation sites excluding steroid dienone is 6. The fourth-order valence-corrected chi connectivity index (χ4v) is 8.24. The van der Waals surface area contributed by atoms with E-state index >= 15 is 0 Å². The van der Waals surface area contributed by atoms with Crippen LogP contribution in [0.4, 0.5) is 11.5 Å². The minimum atomic E-state index is -4.54. The van der Waals surface area contributed by atoms with Crippen LogP contribution < -0.4 is 9.47 Å². The molecule has 3 aromatic rings. The number of nitrogens with zero attached hydrogens (tertiary/aromatic N) is 3. The number of anilines is 1. The van der Waals surface area contributed by atoms with Gasteiger partial charge < -0.3 is 10.0 Å². The van der Waals surface area contributed by atoms with Crippen LogP contribution in [0.5, 0.6) is 0 Å². The van der Waals surface area contributed by atoms with Crippen molar-refractivity contribution < 1.29 is 53.4 Å². The number of hydrogen-bond donors (Lipinski definition) is 4. The summed E-state index contributed by atoms with van der Waals surface area (Å²) in [5.41, 5.74) is 3.36. The van der Waals surface area contributed by atoms with E-state index in [9.17, 15) is 48.8 Å². The number of benzene rings is 2. The average molecular weight is 801 g/mol. The van der Waals surface area contributed by atoms with Crippen molar-refractivity contribution in [3.63, 3.8) is 0 Å². The summed E-state index contributed by atoms with van der Waals surface area (Å²) in [4.78, 5) is 18.1. The van der Waals surface area contributed by atoms with Crippen molar-refractivity contribution in [2.45, 2.75) is 62.8 Å². The lowest BCUT2D eigenvalue weighted by molar-refractivity contribution is -0.684. The third kappa shape index (κ3) is 9.05. The van der Waals surface area contributed by atoms with E-state index in [0.717, 1.165) is 5.56 Å². The molecule has 0 saturated carbocycles. The zero-order valence-electron chi connectivity index (χ0n) is 30.0. The summed E-state index contributed by atoms with van der Waals surface area (Å²) in [6, 6.07) is 14.2. The van der Waals surface area contributed by atoms with E-state index in [-0.39, 0.29) is 29.8 Å². The molecule has 0 unspecified atom stereocenters. The molecule has 2 aromatic carbocycles. The summed E-state index contributed by atoms with van der Waals surface area (Å²) in [6.07, 6.45) is 9.30. The van der Waals surface area contributed by atoms with Gasteiger partial charge in [-0.1, -0.05) is 38.1 Å². The highest BCUT2D eigenvalue weighted by molar-refractivity contribution is 7.86. The van der Waals surface area contributed by atoms with Crippen molar-refractivity contribution in [3.8, 4) is 0 Å². The molecule has 54 heavy (non-hydrogen) atoms. The monoisotopic (exact) mass is 800 g/mol. The second-order valence-electron chi connectivity index (χ2n) is 14.2. The van der Waals surface area contributed by atoms with Gasteiger partial charge in [0.05, 0.1) is 45.7 Å². The van der Waals surface area contributed by atoms with Crippen molar-refractivity contribution in [3.05, 3.63) is 113 Å². The smallest absolute Gasteiger partial charge is 0.335 e. The normalized spacial score (nSPS) is 17.5. The first kappa shape index (κ1) is 40.7. The van der Waals surface area contributed by atoms with Crippen molar-refractivity contribution >= 4 is 59.1 Å². The van der Waals surface area contributed by atoms with Crippen LogP contribution in [0.1, 0.15) is 67.6 Å². The van der Waals surface area contributed by atoms with Crippen LogP contribution in [-0.2, 0) is 47.7 Å². The SMILES string of the molecule is CC1(C)C(/C=C/C(=C/C=C2/N(CCCS(=O)(=O)O)c3ccc(S(=O)(=O)O)cc3C2(C)C)c2ccc(C(=O)O)cc2)=Nc2c1ccc[n+]2CCCS(=O)(=O)O. The van der Waals surface area contributed by atoms with Crippen molar-refractivity contribution in [1.29, 1.82) is 0 Å². The molecule has 0 aliphatic carbocycles. The number of aryl methyl sites for hydroxylation is 1. The molecule has 0 fully saturated rings. The van der Waals surface area contributed by atoms with Crippen LogP contribution in [0.3, 0.4) is 0 Å². The molecule has 2 aliphatic rings. The highest BCUT2D eigenvalue weighted by Crippen LogP contribution is 2.48. The number of aromatic nitrogens is 1. The maximum atomic E-state index is 12.1. The zero-order valence-corrected chi connectivity index (χ0v) is 32.5. The fourth-order valence-electron chi connectivity index (χ4n) is 6.74. The lowest BCUT2D eigenvalue weighted by atomic mass is 9.82. The molecule has 0 bridgehead atoms. The number of aromatic carboxylic acids is 1. The van der Waals surface area contributed by atoms with Crippen LogP contribution in [-0.4, -0.2) is 73.7 Å². The van der Waals surface area contributed by atoms with Gasteiger partial charge in [-0.05, 0) is 96.6 Å². The molecule has 14 nitrogen and oxygen atoms in total. The fraction of sp³-hybridized carbons (Fsp3) is 0.324. The van der Waals surface area contributed by atoms with E-state index in [1.54, 1.807) is 24.4 Å². The van der Waals surface area contributed by atoms with Crippen LogP contribution in [0.25, 0.3) is 5.57 Å². The van der Waals surface area contributed by atoms with E-state index in [1.807, 2.05) is 67.5 Å². The van der Waals surface area contributed by atoms with Crippen LogP contribution in [0.2, 0.25) is 0 Å². The molecule has 3 heterocycles. The predicted octanol–water partition coefficient (Wildman–Crippen LogP) is 5.16. The van der Waals surface area contributed by atoms with Crippen molar-refractivity contribution in [2.75, 3.05) is 23.0 Å². The van der Waals surface area contributed by atoms with E-state index in [0.29, 0.717) is 46.2 Å². The summed E-state index contributed by atoms with van der Waals surface area (Å²) in [7, 11) is -12.9. The molecule has 0 amide bonds. The number of fused-ring (bicyclic) bond motifs is 2. The number of hydrogen-bond acceptors (Lipinski definition) is 9. The largest absolute Gasteiger partial charge is 0.478 e. The summed E-state index contributed by atoms with van der Waals surface area (Å²) in [5, 5.41) is 9.52. The van der Waals surface area contributed by atoms with Crippen molar-refractivity contribution in [2.24, 2.45) is 4.99 Å². The molecule has 0 radical (unpaired) electrons. The summed E-state index contributed by atoms with van der Waals surface area (Å²) < 4.78 is 100. The molecular formula is C37H42N3O11S3+. The summed E-state index contributed by atoms with van der Waals surface area (Å²) in [6.45, 7) is 8.17. The summed E-state index contributed by atoms with van der Waals surface area (Å²) in [5.74, 6) is -1.35. The number of carboxylic acid groups (broad SMARTS) is 1. The van der Waals surface area contributed by atoms with Crippen LogP contribution >= 0.6 is 0 Å². The second-order valence-corrected chi connectivity index (χ2v) is 18.7. The lowest BCUT2D eigenvalue weighted by Gasteiger charge is -2.27. The summed E-state index contributed by atoms with van der Waals surface area (Å²) >= 11 is 0. The number of carboxylic acids is 1. The van der Waals surface area contributed by atoms with E-state index in [1.165, 1.54) is 30.3 Å². The second kappa shape index (κ2) is 15.0. The molecule has 17 heteroatoms. The average Bonchev–Trinajstić information content (AvgIpc) is 3.44. The minimum absolute atomic E-state index is 0.0458. The quantitative estimate of drug-likeness (QED) is 0.0944. The molecule has 0 atom stereocenters. The Morgan fingerprint density at radius 2 is 1.46 bits per heavy atom. The Labute approximate surface area is 315 Å². The maximum Gasteiger partial charge on any atom is 0.335 e. The Bertz CT molecular complexity index is 2450. The van der Waals surface area contributed by atoms with E-state index < -0.39 is 58.7 Å². The van der Waals surface area contributed by atoms with Gasteiger partial charge in [-0.25, -0.2) is 9.36 Å². The Morgan fingerprint density at radius 1 is 0.833 bits per heavy atom. The predicted molar refractivity (Wildman–Crippen MR) is 204 cm³/mol. The molecule has 2 aliphatic heterocycles. The number of aliphatic imine (C=N–C) groups is 1. The van der Waals surface area contributed by atoms with Gasteiger partial charge in [0.15, 0.2) is 5.71 Å². The van der Waals surface area contributed by atoms with Gasteiger partial charge in [0.25, 0.3) is 30.4 Å². The standard InChI is InChI=1S/C37H41N3O11S3/c1-36(2)29-8-5-19-39(20-6-22-52(43,44)45)34(29)38-32(36)17-13-26(25-9-11-27(12-10-25)35(41)42)14-18-33-37(3,4)30-24-28(54(49,50)51)15-16-31(30)40(33)21-7-23-53(46,47)48/h5,8-19,24H,6-7,20-23H2,1-4H3,(H3-,41,42,43,44,45,46,47,48,49,50,51)/p+1. The lowest BCUT2D eigenvalue weighted by Crippen LogP contribution is -2.35. The van der Waals surface area contributed by atoms with Gasteiger partial charge in [0.2, 0.25) is 0 Å². The van der Waals surface area contributed by atoms with Gasteiger partial charge in [0, 0.05) is 29.8 Å². The molecule has 5 rings (SSSR count). The third-order valence-electron chi connectivity index (χ3n) is 9.64. The van der Waals surface area contributed by atoms with Gasteiger partial charge >= 0.3 is 11.8 Å². The number of pyridine rings is 1. The first-order valence-corrected chi connectivity index (χ1v) is 21.5. The van der Waals surface area contributed by atoms with Crippen molar-refractivity contribution in [1.82, 2.24) is 0 Å². The highest BCUT2D eigenvalue weighted by Gasteiger charge is 2.42. The number of carbonyl (C=O) groups is 1. The number of rotatable bonds is 14. The van der Waals surface area contributed by atoms with E-state index in [2.05, 4.69) is 0 Å². The topological polar surface area (TPSA) is 220 Å². The maximum absolute atomic E-state index is 12.1. The first-order valence-electron chi connectivity index (χ1n) is 16.9. The molecule has 288 valence electrons. The van der Waals surface area contributed by atoms with Gasteiger partial charge in [0.1, 0.15) is 0 Å². The molecular weight excluding hydrogens is 759 g/mol. The zero-order chi connectivity index (χ0) is 39.9. The highest BCUT2D eigenvalue weighted by atomic mass is 32.2. The Morgan fingerprint density at radius 3 is 2.07 bits per heavy atom. The molecule has 0 saturated heterocycles. The molecule has 1 aromatic heterocycles.